The number of hydrogen-bond acceptors (Lipinski definition) is 8. The van der Waals surface area contributed by atoms with Crippen molar-refractivity contribution in [3.05, 3.63) is 0 Å². The lowest BCUT2D eigenvalue weighted by Crippen LogP contribution is -2.57. The van der Waals surface area contributed by atoms with Crippen molar-refractivity contribution in [2.45, 2.75) is 82.0 Å². The molecule has 0 spiro atoms. The van der Waals surface area contributed by atoms with E-state index in [1.807, 2.05) is 0 Å². The van der Waals surface area contributed by atoms with Crippen molar-refractivity contribution in [2.75, 3.05) is 19.6 Å². The van der Waals surface area contributed by atoms with Crippen LogP contribution in [0.5, 0.6) is 0 Å². The summed E-state index contributed by atoms with van der Waals surface area (Å²) in [6, 6.07) is -4.18. The van der Waals surface area contributed by atoms with Crippen LogP contribution in [0.25, 0.3) is 0 Å². The minimum atomic E-state index is -1.39. The maximum absolute atomic E-state index is 12.9. The molecule has 0 aromatic heterocycles. The largest absolute Gasteiger partial charge is 0.481 e. The summed E-state index contributed by atoms with van der Waals surface area (Å²) in [6.07, 6.45) is 3.17. The van der Waals surface area contributed by atoms with Crippen molar-refractivity contribution in [3.8, 4) is 0 Å². The van der Waals surface area contributed by atoms with Crippen LogP contribution in [0.3, 0.4) is 0 Å². The maximum atomic E-state index is 12.9. The molecule has 4 atom stereocenters. The van der Waals surface area contributed by atoms with Gasteiger partial charge in [0.2, 0.25) is 17.7 Å². The average molecular weight is 487 g/mol. The fraction of sp³-hybridized carbons (Fsp3) is 0.762. The van der Waals surface area contributed by atoms with Crippen molar-refractivity contribution in [2.24, 2.45) is 11.5 Å². The standard InChI is InChI=1S/C21H38N6O7/c22-9-3-1-6-14(19(31)26-15(21(33)34)7-2-4-10-23)25-20(32)16(12-17(28)29)27-18(30)13-8-5-11-24-13/h13-16,24H,1-12,22-23H2,(H,25,32)(H,26,31)(H,27,30)(H,28,29)(H,33,34). The summed E-state index contributed by atoms with van der Waals surface area (Å²) < 4.78 is 0. The van der Waals surface area contributed by atoms with Crippen molar-refractivity contribution >= 4 is 29.7 Å². The molecule has 34 heavy (non-hydrogen) atoms. The molecule has 4 unspecified atom stereocenters. The van der Waals surface area contributed by atoms with Crippen molar-refractivity contribution in [1.82, 2.24) is 21.3 Å². The summed E-state index contributed by atoms with van der Waals surface area (Å²) in [5.74, 6) is -4.54. The SMILES string of the molecule is NCCCCC(NC(=O)C(CCCCN)NC(=O)C(CC(=O)O)NC(=O)C1CCCN1)C(=O)O. The van der Waals surface area contributed by atoms with E-state index in [-0.39, 0.29) is 12.8 Å². The highest BCUT2D eigenvalue weighted by molar-refractivity contribution is 5.95. The number of nitrogens with one attached hydrogen (secondary N) is 4. The number of amides is 3. The molecule has 0 saturated carbocycles. The Balaban J connectivity index is 2.89. The minimum absolute atomic E-state index is 0.168. The molecule has 194 valence electrons. The molecule has 13 nitrogen and oxygen atoms in total. The van der Waals surface area contributed by atoms with Gasteiger partial charge in [-0.15, -0.1) is 0 Å². The van der Waals surface area contributed by atoms with Gasteiger partial charge in [-0.05, 0) is 71.0 Å². The Labute approximate surface area is 198 Å². The van der Waals surface area contributed by atoms with Crippen molar-refractivity contribution in [3.63, 3.8) is 0 Å². The Bertz CT molecular complexity index is 699. The second kappa shape index (κ2) is 16.0. The molecule has 10 N–H and O–H groups in total. The lowest BCUT2D eigenvalue weighted by molar-refractivity contribution is -0.143. The number of aliphatic carboxylic acids is 2. The van der Waals surface area contributed by atoms with Crippen LogP contribution in [0.15, 0.2) is 0 Å². The Morgan fingerprint density at radius 2 is 1.38 bits per heavy atom. The van der Waals surface area contributed by atoms with Crippen molar-refractivity contribution < 1.29 is 34.2 Å². The average Bonchev–Trinajstić information content (AvgIpc) is 3.32. The molecule has 1 aliphatic heterocycles. The zero-order valence-electron chi connectivity index (χ0n) is 19.4. The third-order valence-corrected chi connectivity index (χ3v) is 5.53. The van der Waals surface area contributed by atoms with E-state index in [4.69, 9.17) is 11.5 Å². The van der Waals surface area contributed by atoms with E-state index in [0.717, 1.165) is 6.42 Å². The monoisotopic (exact) mass is 486 g/mol. The highest BCUT2D eigenvalue weighted by Gasteiger charge is 2.32. The number of carboxylic acids is 2. The number of carbonyl (C=O) groups is 5. The van der Waals surface area contributed by atoms with Crippen LogP contribution in [-0.4, -0.2) is 83.7 Å². The lowest BCUT2D eigenvalue weighted by Gasteiger charge is -2.24. The number of hydrogen-bond donors (Lipinski definition) is 8. The number of rotatable bonds is 17. The second-order valence-electron chi connectivity index (χ2n) is 8.34. The summed E-state index contributed by atoms with van der Waals surface area (Å²) in [5.41, 5.74) is 10.9. The first-order valence-electron chi connectivity index (χ1n) is 11.7. The predicted octanol–water partition coefficient (Wildman–Crippen LogP) is -1.99. The quantitative estimate of drug-likeness (QED) is 0.106. The zero-order valence-corrected chi connectivity index (χ0v) is 19.4. The molecule has 0 aliphatic carbocycles. The topological polar surface area (TPSA) is 226 Å². The van der Waals surface area contributed by atoms with E-state index >= 15 is 0 Å². The van der Waals surface area contributed by atoms with Gasteiger partial charge in [-0.2, -0.15) is 0 Å². The van der Waals surface area contributed by atoms with Crippen LogP contribution < -0.4 is 32.7 Å². The fourth-order valence-electron chi connectivity index (χ4n) is 3.62. The molecule has 1 rings (SSSR count). The van der Waals surface area contributed by atoms with Crippen LogP contribution >= 0.6 is 0 Å². The van der Waals surface area contributed by atoms with Crippen LogP contribution in [0.1, 0.15) is 57.8 Å². The highest BCUT2D eigenvalue weighted by Crippen LogP contribution is 2.08. The molecule has 1 heterocycles. The van der Waals surface area contributed by atoms with Gasteiger partial charge in [0.25, 0.3) is 0 Å². The zero-order chi connectivity index (χ0) is 25.5. The Hall–Kier alpha value is -2.77. The maximum Gasteiger partial charge on any atom is 0.326 e. The van der Waals surface area contributed by atoms with Gasteiger partial charge in [0, 0.05) is 0 Å². The first-order valence-corrected chi connectivity index (χ1v) is 11.7. The Kier molecular flexibility index (Phi) is 13.7. The first kappa shape index (κ1) is 29.3. The highest BCUT2D eigenvalue weighted by atomic mass is 16.4. The molecular weight excluding hydrogens is 448 g/mol. The van der Waals surface area contributed by atoms with Crippen LogP contribution in [0.4, 0.5) is 0 Å². The molecule has 1 fully saturated rings. The van der Waals surface area contributed by atoms with E-state index in [2.05, 4.69) is 21.3 Å². The second-order valence-corrected chi connectivity index (χ2v) is 8.34. The summed E-state index contributed by atoms with van der Waals surface area (Å²) in [5, 5.41) is 28.9. The molecule has 0 bridgehead atoms. The van der Waals surface area contributed by atoms with Gasteiger partial charge < -0.3 is 42.9 Å². The fourth-order valence-corrected chi connectivity index (χ4v) is 3.62. The summed E-state index contributed by atoms with van der Waals surface area (Å²) in [7, 11) is 0. The summed E-state index contributed by atoms with van der Waals surface area (Å²) in [4.78, 5) is 60.9. The molecule has 13 heteroatoms. The van der Waals surface area contributed by atoms with Gasteiger partial charge in [-0.1, -0.05) is 0 Å². The normalized spacial score (nSPS) is 17.9. The molecular formula is C21H38N6O7. The van der Waals surface area contributed by atoms with E-state index in [0.29, 0.717) is 51.7 Å². The van der Waals surface area contributed by atoms with Gasteiger partial charge in [0.05, 0.1) is 12.5 Å². The molecule has 3 amide bonds. The number of nitrogens with two attached hydrogens (primary N) is 2. The predicted molar refractivity (Wildman–Crippen MR) is 123 cm³/mol. The minimum Gasteiger partial charge on any atom is -0.481 e. The van der Waals surface area contributed by atoms with Crippen LogP contribution in [-0.2, 0) is 24.0 Å². The number of unbranched alkanes of at least 4 members (excludes halogenated alkanes) is 2. The van der Waals surface area contributed by atoms with Crippen molar-refractivity contribution in [1.29, 1.82) is 0 Å². The smallest absolute Gasteiger partial charge is 0.326 e. The Morgan fingerprint density at radius 3 is 1.88 bits per heavy atom. The van der Waals surface area contributed by atoms with Crippen LogP contribution in [0.2, 0.25) is 0 Å². The number of carboxylic acid groups (broad SMARTS) is 2. The van der Waals surface area contributed by atoms with Gasteiger partial charge in [-0.3, -0.25) is 19.2 Å². The van der Waals surface area contributed by atoms with E-state index in [1.54, 1.807) is 0 Å². The van der Waals surface area contributed by atoms with Gasteiger partial charge in [0.1, 0.15) is 18.1 Å². The van der Waals surface area contributed by atoms with Crippen LogP contribution in [0, 0.1) is 0 Å². The van der Waals surface area contributed by atoms with E-state index in [1.165, 1.54) is 0 Å². The Morgan fingerprint density at radius 1 is 0.824 bits per heavy atom. The van der Waals surface area contributed by atoms with E-state index < -0.39 is 60.2 Å². The molecule has 0 radical (unpaired) electrons. The van der Waals surface area contributed by atoms with E-state index in [9.17, 15) is 34.2 Å². The van der Waals surface area contributed by atoms with Gasteiger partial charge in [0.15, 0.2) is 0 Å². The van der Waals surface area contributed by atoms with Gasteiger partial charge >= 0.3 is 11.9 Å². The number of carbonyl (C=O) groups excluding carboxylic acids is 3. The summed E-state index contributed by atoms with van der Waals surface area (Å²) in [6.45, 7) is 1.41. The lowest BCUT2D eigenvalue weighted by atomic mass is 10.0. The first-order chi connectivity index (χ1) is 16.2. The molecule has 0 aromatic carbocycles. The van der Waals surface area contributed by atoms with Gasteiger partial charge in [-0.25, -0.2) is 4.79 Å². The molecule has 0 aromatic rings. The third-order valence-electron chi connectivity index (χ3n) is 5.53. The molecule has 1 aliphatic rings. The molecule has 1 saturated heterocycles. The summed E-state index contributed by atoms with van der Waals surface area (Å²) >= 11 is 0. The third kappa shape index (κ3) is 10.9.